The Bertz CT molecular complexity index is 1270. The molecule has 2 atom stereocenters. The Labute approximate surface area is 214 Å². The predicted molar refractivity (Wildman–Crippen MR) is 123 cm³/mol. The molecule has 0 spiro atoms. The molecule has 1 aliphatic rings. The van der Waals surface area contributed by atoms with Gasteiger partial charge < -0.3 is 9.50 Å². The van der Waals surface area contributed by atoms with E-state index >= 15 is 0 Å². The van der Waals surface area contributed by atoms with Gasteiger partial charge in [0.1, 0.15) is 5.75 Å². The lowest BCUT2D eigenvalue weighted by Crippen LogP contribution is -2.43. The number of nitrogens with zero attached hydrogens (tertiary/aromatic N) is 1. The fraction of sp³-hybridized carbons (Fsp3) is 0.348. The molecular weight excluding hydrogens is 550 g/mol. The molecule has 1 N–H and O–H groups in total. The monoisotopic (exact) mass is 570 g/mol. The maximum absolute atomic E-state index is 13.3. The van der Waals surface area contributed by atoms with Crippen molar-refractivity contribution >= 4 is 27.6 Å². The summed E-state index contributed by atoms with van der Waals surface area (Å²) < 4.78 is 105. The van der Waals surface area contributed by atoms with Crippen LogP contribution in [0.3, 0.4) is 0 Å². The quantitative estimate of drug-likeness (QED) is 0.190. The normalized spacial score (nSPS) is 17.9. The Morgan fingerprint density at radius 2 is 1.86 bits per heavy atom. The van der Waals surface area contributed by atoms with Crippen LogP contribution in [0.5, 0.6) is 5.75 Å². The maximum atomic E-state index is 13.3. The Kier molecular flexibility index (Phi) is 8.50. The lowest BCUT2D eigenvalue weighted by atomic mass is 9.96. The van der Waals surface area contributed by atoms with Crippen molar-refractivity contribution in [1.82, 2.24) is 10.2 Å². The van der Waals surface area contributed by atoms with Gasteiger partial charge in [-0.15, -0.1) is 6.58 Å². The number of carbonyl (C=O) groups excluding carboxylic acids is 1. The highest BCUT2D eigenvalue weighted by Crippen LogP contribution is 2.37. The summed E-state index contributed by atoms with van der Waals surface area (Å²) in [6.07, 6.45) is -2.00. The molecule has 0 unspecified atom stereocenters. The number of alkyl halides is 6. The fourth-order valence-corrected chi connectivity index (χ4v) is 4.87. The van der Waals surface area contributed by atoms with E-state index in [0.717, 1.165) is 30.3 Å². The largest absolute Gasteiger partial charge is 0.534 e. The lowest BCUT2D eigenvalue weighted by molar-refractivity contribution is -0.137. The minimum atomic E-state index is -5.96. The van der Waals surface area contributed by atoms with Crippen molar-refractivity contribution in [3.8, 4) is 5.75 Å². The topological polar surface area (TPSA) is 75.7 Å². The molecule has 0 radical (unpaired) electrons. The van der Waals surface area contributed by atoms with Gasteiger partial charge in [-0.25, -0.2) is 0 Å². The summed E-state index contributed by atoms with van der Waals surface area (Å²) in [5.41, 5.74) is -7.15. The number of rotatable bonds is 8. The molecule has 1 fully saturated rings. The van der Waals surface area contributed by atoms with Gasteiger partial charge in [0.25, 0.3) is 5.91 Å². The third-order valence-electron chi connectivity index (χ3n) is 5.70. The van der Waals surface area contributed by atoms with E-state index in [9.17, 15) is 39.6 Å². The van der Waals surface area contributed by atoms with Crippen molar-refractivity contribution < 1.29 is 43.7 Å². The summed E-state index contributed by atoms with van der Waals surface area (Å²) in [6.45, 7) is 4.65. The van der Waals surface area contributed by atoms with Crippen LogP contribution >= 0.6 is 11.6 Å². The van der Waals surface area contributed by atoms with E-state index in [2.05, 4.69) is 16.1 Å². The fourth-order valence-electron chi connectivity index (χ4n) is 4.10. The van der Waals surface area contributed by atoms with Crippen molar-refractivity contribution in [1.29, 1.82) is 0 Å². The maximum Gasteiger partial charge on any atom is 0.534 e. The second-order valence-corrected chi connectivity index (χ2v) is 10.1. The van der Waals surface area contributed by atoms with Crippen molar-refractivity contribution in [3.05, 3.63) is 76.8 Å². The number of hydrogen-bond donors (Lipinski definition) is 1. The van der Waals surface area contributed by atoms with Gasteiger partial charge in [0.2, 0.25) is 0 Å². The molecule has 1 saturated heterocycles. The van der Waals surface area contributed by atoms with Gasteiger partial charge in [-0.05, 0) is 49.2 Å². The highest BCUT2D eigenvalue weighted by atomic mass is 35.5. The van der Waals surface area contributed by atoms with Crippen LogP contribution in [0, 0.1) is 0 Å². The van der Waals surface area contributed by atoms with E-state index < -0.39 is 61.7 Å². The number of hydrogen-bond acceptors (Lipinski definition) is 5. The van der Waals surface area contributed by atoms with Crippen LogP contribution in [0.4, 0.5) is 26.3 Å². The highest BCUT2D eigenvalue weighted by molar-refractivity contribution is 7.88. The van der Waals surface area contributed by atoms with Crippen LogP contribution in [-0.2, 0) is 16.3 Å². The highest BCUT2D eigenvalue weighted by Gasteiger charge is 2.48. The SMILES string of the molecule is C=CCN1CCC[C@H]1[C@@H](NC(=O)c1cccc(C(F)(F)F)c1Cl)c1cccc(OS(=O)(=O)C(F)(F)F)c1. The van der Waals surface area contributed by atoms with Crippen molar-refractivity contribution in [2.45, 2.75) is 36.6 Å². The average Bonchev–Trinajstić information content (AvgIpc) is 3.24. The van der Waals surface area contributed by atoms with Crippen molar-refractivity contribution in [3.63, 3.8) is 0 Å². The lowest BCUT2D eigenvalue weighted by Gasteiger charge is -2.32. The van der Waals surface area contributed by atoms with E-state index in [-0.39, 0.29) is 5.56 Å². The number of amides is 1. The summed E-state index contributed by atoms with van der Waals surface area (Å²) in [5.74, 6) is -1.61. The minimum Gasteiger partial charge on any atom is -0.376 e. The van der Waals surface area contributed by atoms with E-state index in [0.29, 0.717) is 25.9 Å². The zero-order chi connectivity index (χ0) is 27.6. The first-order valence-corrected chi connectivity index (χ1v) is 12.6. The van der Waals surface area contributed by atoms with E-state index in [4.69, 9.17) is 11.6 Å². The summed E-state index contributed by atoms with van der Waals surface area (Å²) in [4.78, 5) is 15.0. The van der Waals surface area contributed by atoms with Gasteiger partial charge in [0.15, 0.2) is 0 Å². The van der Waals surface area contributed by atoms with E-state index in [1.54, 1.807) is 6.08 Å². The summed E-state index contributed by atoms with van der Waals surface area (Å²) >= 11 is 5.90. The van der Waals surface area contributed by atoms with Crippen LogP contribution in [0.15, 0.2) is 55.1 Å². The standard InChI is InChI=1S/C23H21ClF6N2O4S/c1-2-11-32-12-5-10-18(32)20(14-6-3-7-15(13-14)36-37(34,35)23(28,29)30)31-21(33)16-8-4-9-17(19(16)24)22(25,26)27/h2-4,6-9,13,18,20H,1,5,10-12H2,(H,31,33)/t18-,20-/m0/s1. The van der Waals surface area contributed by atoms with Crippen LogP contribution < -0.4 is 9.50 Å². The number of halogens is 7. The summed E-state index contributed by atoms with van der Waals surface area (Å²) in [6, 6.07) is 6.11. The van der Waals surface area contributed by atoms with Crippen LogP contribution in [0.1, 0.15) is 40.4 Å². The molecule has 0 bridgehead atoms. The third kappa shape index (κ3) is 6.57. The number of carbonyl (C=O) groups is 1. The molecule has 0 aliphatic carbocycles. The van der Waals surface area contributed by atoms with Gasteiger partial charge in [0, 0.05) is 12.6 Å². The molecular formula is C23H21ClF6N2O4S. The smallest absolute Gasteiger partial charge is 0.376 e. The molecule has 1 aliphatic heterocycles. The zero-order valence-corrected chi connectivity index (χ0v) is 20.5. The zero-order valence-electron chi connectivity index (χ0n) is 18.9. The first kappa shape index (κ1) is 28.8. The Hall–Kier alpha value is -2.77. The van der Waals surface area contributed by atoms with Crippen molar-refractivity contribution in [2.75, 3.05) is 13.1 Å². The second kappa shape index (κ2) is 10.9. The van der Waals surface area contributed by atoms with Gasteiger partial charge in [-0.3, -0.25) is 9.69 Å². The summed E-state index contributed by atoms with van der Waals surface area (Å²) in [5, 5.41) is 1.81. The number of likely N-dealkylation sites (tertiary alicyclic amines) is 1. The van der Waals surface area contributed by atoms with Gasteiger partial charge >= 0.3 is 21.8 Å². The molecule has 3 rings (SSSR count). The van der Waals surface area contributed by atoms with E-state index in [1.807, 2.05) is 4.90 Å². The molecule has 0 aromatic heterocycles. The Balaban J connectivity index is 2.01. The summed E-state index contributed by atoms with van der Waals surface area (Å²) in [7, 11) is -5.96. The molecule has 6 nitrogen and oxygen atoms in total. The van der Waals surface area contributed by atoms with Gasteiger partial charge in [0.05, 0.1) is 22.2 Å². The van der Waals surface area contributed by atoms with E-state index in [1.165, 1.54) is 12.1 Å². The van der Waals surface area contributed by atoms with Gasteiger partial charge in [-0.2, -0.15) is 34.8 Å². The Morgan fingerprint density at radius 1 is 1.19 bits per heavy atom. The van der Waals surface area contributed by atoms with Crippen LogP contribution in [0.2, 0.25) is 5.02 Å². The third-order valence-corrected chi connectivity index (χ3v) is 7.09. The molecule has 1 heterocycles. The first-order valence-electron chi connectivity index (χ1n) is 10.8. The first-order chi connectivity index (χ1) is 17.2. The molecule has 2 aromatic carbocycles. The predicted octanol–water partition coefficient (Wildman–Crippen LogP) is 5.71. The molecule has 2 aromatic rings. The van der Waals surface area contributed by atoms with Crippen LogP contribution in [0.25, 0.3) is 0 Å². The molecule has 202 valence electrons. The van der Waals surface area contributed by atoms with Gasteiger partial charge in [-0.1, -0.05) is 35.9 Å². The number of benzene rings is 2. The Morgan fingerprint density at radius 3 is 2.49 bits per heavy atom. The number of nitrogens with one attached hydrogen (secondary N) is 1. The van der Waals surface area contributed by atoms with Crippen molar-refractivity contribution in [2.24, 2.45) is 0 Å². The van der Waals surface area contributed by atoms with Crippen LogP contribution in [-0.4, -0.2) is 43.9 Å². The second-order valence-electron chi connectivity index (χ2n) is 8.16. The molecule has 14 heteroatoms. The molecule has 37 heavy (non-hydrogen) atoms. The average molecular weight is 571 g/mol. The minimum absolute atomic E-state index is 0.173. The molecule has 0 saturated carbocycles. The molecule has 1 amide bonds.